The number of hydrogen-bond acceptors (Lipinski definition) is 6. The number of aromatic nitrogens is 2. The minimum atomic E-state index is -0.339. The number of esters is 1. The van der Waals surface area contributed by atoms with Crippen molar-refractivity contribution in [3.8, 4) is 0 Å². The average molecular weight is 347 g/mol. The van der Waals surface area contributed by atoms with E-state index in [-0.39, 0.29) is 5.97 Å². The highest BCUT2D eigenvalue weighted by atomic mass is 35.5. The molecule has 0 spiro atoms. The number of nitrogens with zero attached hydrogens (tertiary/aromatic N) is 4. The summed E-state index contributed by atoms with van der Waals surface area (Å²) in [5.41, 5.74) is 1.49. The predicted octanol–water partition coefficient (Wildman–Crippen LogP) is 2.63. The van der Waals surface area contributed by atoms with Crippen LogP contribution in [0.15, 0.2) is 36.8 Å². The number of carbonyl (C=O) groups excluding carboxylic acids is 1. The lowest BCUT2D eigenvalue weighted by Crippen LogP contribution is -2.47. The number of hydrogen-bond donors (Lipinski definition) is 0. The molecule has 1 aliphatic rings. The third kappa shape index (κ3) is 3.59. The lowest BCUT2D eigenvalue weighted by molar-refractivity contribution is 0.0526. The number of halogens is 1. The van der Waals surface area contributed by atoms with Gasteiger partial charge >= 0.3 is 5.97 Å². The summed E-state index contributed by atoms with van der Waals surface area (Å²) in [6.07, 6.45) is 4.99. The van der Waals surface area contributed by atoms with Crippen molar-refractivity contribution < 1.29 is 9.53 Å². The third-order valence-electron chi connectivity index (χ3n) is 3.95. The fourth-order valence-corrected chi connectivity index (χ4v) is 2.95. The first-order chi connectivity index (χ1) is 11.7. The molecule has 0 aliphatic carbocycles. The second-order valence-electron chi connectivity index (χ2n) is 5.43. The minimum Gasteiger partial charge on any atom is -0.462 e. The van der Waals surface area contributed by atoms with E-state index in [0.29, 0.717) is 17.2 Å². The fourth-order valence-electron chi connectivity index (χ4n) is 2.71. The SMILES string of the molecule is CCOC(=O)c1ccc(N2CCN(c3ccncc3Cl)CC2)nc1. The van der Waals surface area contributed by atoms with Crippen molar-refractivity contribution in [2.24, 2.45) is 0 Å². The fraction of sp³-hybridized carbons (Fsp3) is 0.353. The molecule has 0 N–H and O–H groups in total. The van der Waals surface area contributed by atoms with Gasteiger partial charge in [0.25, 0.3) is 0 Å². The predicted molar refractivity (Wildman–Crippen MR) is 93.9 cm³/mol. The summed E-state index contributed by atoms with van der Waals surface area (Å²) in [6, 6.07) is 5.55. The maximum Gasteiger partial charge on any atom is 0.339 e. The van der Waals surface area contributed by atoms with Crippen LogP contribution in [0, 0.1) is 0 Å². The van der Waals surface area contributed by atoms with E-state index in [2.05, 4.69) is 19.8 Å². The third-order valence-corrected chi connectivity index (χ3v) is 4.25. The Morgan fingerprint density at radius 3 is 2.54 bits per heavy atom. The Morgan fingerprint density at radius 1 is 1.17 bits per heavy atom. The van der Waals surface area contributed by atoms with Gasteiger partial charge in [0.2, 0.25) is 0 Å². The molecule has 0 amide bonds. The molecule has 7 heteroatoms. The zero-order chi connectivity index (χ0) is 16.9. The summed E-state index contributed by atoms with van der Waals surface area (Å²) in [4.78, 5) is 24.5. The van der Waals surface area contributed by atoms with E-state index in [1.807, 2.05) is 12.1 Å². The van der Waals surface area contributed by atoms with Gasteiger partial charge in [-0.2, -0.15) is 0 Å². The molecule has 3 rings (SSSR count). The van der Waals surface area contributed by atoms with Gasteiger partial charge in [0.1, 0.15) is 5.82 Å². The summed E-state index contributed by atoms with van der Waals surface area (Å²) < 4.78 is 4.97. The molecular formula is C17H19ClN4O2. The zero-order valence-electron chi connectivity index (χ0n) is 13.5. The molecule has 1 aliphatic heterocycles. The molecule has 0 aromatic carbocycles. The van der Waals surface area contributed by atoms with E-state index in [1.54, 1.807) is 31.6 Å². The van der Waals surface area contributed by atoms with Crippen LogP contribution >= 0.6 is 11.6 Å². The van der Waals surface area contributed by atoms with E-state index < -0.39 is 0 Å². The van der Waals surface area contributed by atoms with Crippen LogP contribution in [0.4, 0.5) is 11.5 Å². The smallest absolute Gasteiger partial charge is 0.339 e. The quantitative estimate of drug-likeness (QED) is 0.793. The Kier molecular flexibility index (Phi) is 5.15. The number of rotatable bonds is 4. The van der Waals surface area contributed by atoms with Gasteiger partial charge in [-0.3, -0.25) is 4.98 Å². The van der Waals surface area contributed by atoms with Crippen LogP contribution in [0.25, 0.3) is 0 Å². The lowest BCUT2D eigenvalue weighted by Gasteiger charge is -2.37. The topological polar surface area (TPSA) is 58.6 Å². The van der Waals surface area contributed by atoms with Gasteiger partial charge in [-0.15, -0.1) is 0 Å². The highest BCUT2D eigenvalue weighted by Gasteiger charge is 2.20. The van der Waals surface area contributed by atoms with E-state index in [0.717, 1.165) is 37.7 Å². The molecule has 0 bridgehead atoms. The van der Waals surface area contributed by atoms with E-state index in [9.17, 15) is 4.79 Å². The first-order valence-corrected chi connectivity index (χ1v) is 8.29. The highest BCUT2D eigenvalue weighted by molar-refractivity contribution is 6.33. The average Bonchev–Trinajstić information content (AvgIpc) is 2.63. The largest absolute Gasteiger partial charge is 0.462 e. The monoisotopic (exact) mass is 346 g/mol. The van der Waals surface area contributed by atoms with E-state index in [1.165, 1.54) is 0 Å². The Morgan fingerprint density at radius 2 is 1.92 bits per heavy atom. The van der Waals surface area contributed by atoms with Crippen LogP contribution in [0.5, 0.6) is 0 Å². The molecule has 3 heterocycles. The molecule has 0 atom stereocenters. The van der Waals surface area contributed by atoms with Crippen molar-refractivity contribution >= 4 is 29.1 Å². The summed E-state index contributed by atoms with van der Waals surface area (Å²) in [6.45, 7) is 5.53. The molecule has 126 valence electrons. The zero-order valence-corrected chi connectivity index (χ0v) is 14.2. The Balaban J connectivity index is 1.62. The van der Waals surface area contributed by atoms with Crippen molar-refractivity contribution in [3.05, 3.63) is 47.4 Å². The van der Waals surface area contributed by atoms with Gasteiger partial charge < -0.3 is 14.5 Å². The Hall–Kier alpha value is -2.34. The second kappa shape index (κ2) is 7.49. The van der Waals surface area contributed by atoms with Crippen molar-refractivity contribution in [1.29, 1.82) is 0 Å². The number of pyridine rings is 2. The van der Waals surface area contributed by atoms with Gasteiger partial charge in [-0.05, 0) is 25.1 Å². The van der Waals surface area contributed by atoms with E-state index in [4.69, 9.17) is 16.3 Å². The standard InChI is InChI=1S/C17H19ClN4O2/c1-2-24-17(23)13-3-4-16(20-11-13)22-9-7-21(8-10-22)15-5-6-19-12-14(15)18/h3-6,11-12H,2,7-10H2,1H3. The number of carbonyl (C=O) groups is 1. The Labute approximate surface area is 146 Å². The first kappa shape index (κ1) is 16.5. The van der Waals surface area contributed by atoms with E-state index >= 15 is 0 Å². The van der Waals surface area contributed by atoms with Gasteiger partial charge in [-0.1, -0.05) is 11.6 Å². The molecule has 2 aromatic heterocycles. The van der Waals surface area contributed by atoms with Crippen molar-refractivity contribution in [1.82, 2.24) is 9.97 Å². The first-order valence-electron chi connectivity index (χ1n) is 7.91. The van der Waals surface area contributed by atoms with Gasteiger partial charge in [0, 0.05) is 44.8 Å². The van der Waals surface area contributed by atoms with Crippen LogP contribution in [0.2, 0.25) is 5.02 Å². The summed E-state index contributed by atoms with van der Waals surface area (Å²) in [7, 11) is 0. The molecule has 0 saturated carbocycles. The summed E-state index contributed by atoms with van der Waals surface area (Å²) in [5, 5.41) is 0.669. The number of ether oxygens (including phenoxy) is 1. The maximum atomic E-state index is 11.7. The molecular weight excluding hydrogens is 328 g/mol. The van der Waals surface area contributed by atoms with Gasteiger partial charge in [0.15, 0.2) is 0 Å². The maximum absolute atomic E-state index is 11.7. The number of anilines is 2. The normalized spacial score (nSPS) is 14.6. The number of piperazine rings is 1. The van der Waals surface area contributed by atoms with Crippen LogP contribution in [-0.4, -0.2) is 48.7 Å². The van der Waals surface area contributed by atoms with Crippen molar-refractivity contribution in [3.63, 3.8) is 0 Å². The van der Waals surface area contributed by atoms with Gasteiger partial charge in [0.05, 0.1) is 22.9 Å². The van der Waals surface area contributed by atoms with Crippen LogP contribution < -0.4 is 9.80 Å². The second-order valence-corrected chi connectivity index (χ2v) is 5.83. The van der Waals surface area contributed by atoms with Gasteiger partial charge in [-0.25, -0.2) is 9.78 Å². The molecule has 2 aromatic rings. The minimum absolute atomic E-state index is 0.339. The summed E-state index contributed by atoms with van der Waals surface area (Å²) >= 11 is 6.21. The molecule has 6 nitrogen and oxygen atoms in total. The summed E-state index contributed by atoms with van der Waals surface area (Å²) in [5.74, 6) is 0.525. The van der Waals surface area contributed by atoms with Crippen LogP contribution in [-0.2, 0) is 4.74 Å². The molecule has 0 radical (unpaired) electrons. The molecule has 1 saturated heterocycles. The van der Waals surface area contributed by atoms with Crippen LogP contribution in [0.1, 0.15) is 17.3 Å². The molecule has 24 heavy (non-hydrogen) atoms. The van der Waals surface area contributed by atoms with Crippen molar-refractivity contribution in [2.45, 2.75) is 6.92 Å². The van der Waals surface area contributed by atoms with Crippen molar-refractivity contribution in [2.75, 3.05) is 42.6 Å². The van der Waals surface area contributed by atoms with Crippen LogP contribution in [0.3, 0.4) is 0 Å². The highest BCUT2D eigenvalue weighted by Crippen LogP contribution is 2.26. The lowest BCUT2D eigenvalue weighted by atomic mass is 10.2. The molecule has 0 unspecified atom stereocenters. The Bertz CT molecular complexity index is 700. The molecule has 1 fully saturated rings.